The lowest BCUT2D eigenvalue weighted by Gasteiger charge is -2.29. The summed E-state index contributed by atoms with van der Waals surface area (Å²) in [4.78, 5) is 0. The number of quaternary nitrogens is 1. The molecule has 0 atom stereocenters. The van der Waals surface area contributed by atoms with Crippen LogP contribution in [-0.4, -0.2) is 31.7 Å². The van der Waals surface area contributed by atoms with Gasteiger partial charge in [0.2, 0.25) is 0 Å². The highest BCUT2D eigenvalue weighted by molar-refractivity contribution is 4.46. The summed E-state index contributed by atoms with van der Waals surface area (Å²) < 4.78 is 1.15. The van der Waals surface area contributed by atoms with Crippen LogP contribution in [0, 0.1) is 6.92 Å². The van der Waals surface area contributed by atoms with E-state index in [-0.39, 0.29) is 0 Å². The van der Waals surface area contributed by atoms with Gasteiger partial charge in [0.05, 0.1) is 27.2 Å². The highest BCUT2D eigenvalue weighted by Gasteiger charge is 2.11. The number of hydrogen-bond acceptors (Lipinski definition) is 0. The second kappa shape index (κ2) is 10.1. The van der Waals surface area contributed by atoms with E-state index in [0.717, 1.165) is 10.9 Å². The first kappa shape index (κ1) is 16.0. The maximum Gasteiger partial charge on any atom is 0.0782 e. The average Bonchev–Trinajstić information content (AvgIpc) is 2.22. The van der Waals surface area contributed by atoms with Crippen molar-refractivity contribution in [1.82, 2.24) is 0 Å². The number of nitrogens with zero attached hydrogens (tertiary/aromatic N) is 1. The van der Waals surface area contributed by atoms with E-state index in [0.29, 0.717) is 0 Å². The highest BCUT2D eigenvalue weighted by Crippen LogP contribution is 2.10. The molecule has 0 saturated carbocycles. The molecule has 0 rings (SSSR count). The van der Waals surface area contributed by atoms with Gasteiger partial charge in [0.1, 0.15) is 0 Å². The molecule has 0 unspecified atom stereocenters. The Morgan fingerprint density at radius 3 is 1.75 bits per heavy atom. The van der Waals surface area contributed by atoms with Crippen molar-refractivity contribution in [2.75, 3.05) is 27.2 Å². The Balaban J connectivity index is 3.20. The van der Waals surface area contributed by atoms with E-state index in [2.05, 4.69) is 27.9 Å². The molecule has 0 aromatic rings. The monoisotopic (exact) mass is 227 g/mol. The fourth-order valence-electron chi connectivity index (χ4n) is 2.21. The number of hydrogen-bond donors (Lipinski definition) is 0. The maximum atomic E-state index is 3.94. The van der Waals surface area contributed by atoms with Crippen LogP contribution in [0.1, 0.15) is 64.7 Å². The lowest BCUT2D eigenvalue weighted by Crippen LogP contribution is -2.40. The first-order chi connectivity index (χ1) is 7.62. The summed E-state index contributed by atoms with van der Waals surface area (Å²) in [6.07, 6.45) is 12.4. The minimum atomic E-state index is 1.06. The Hall–Kier alpha value is -0.0400. The summed E-state index contributed by atoms with van der Waals surface area (Å²) in [6, 6.07) is 0. The molecule has 0 N–H and O–H groups in total. The zero-order valence-corrected chi connectivity index (χ0v) is 11.9. The van der Waals surface area contributed by atoms with Crippen molar-refractivity contribution >= 4 is 0 Å². The van der Waals surface area contributed by atoms with Gasteiger partial charge in [-0.3, -0.25) is 0 Å². The molecule has 0 spiro atoms. The second-order valence-corrected chi connectivity index (χ2v) is 5.71. The van der Waals surface area contributed by atoms with Gasteiger partial charge in [0.25, 0.3) is 0 Å². The zero-order chi connectivity index (χ0) is 12.3. The Labute approximate surface area is 104 Å². The van der Waals surface area contributed by atoms with Crippen molar-refractivity contribution in [2.45, 2.75) is 64.7 Å². The molecule has 0 saturated heterocycles. The first-order valence-corrected chi connectivity index (χ1v) is 7.23. The summed E-state index contributed by atoms with van der Waals surface area (Å²) in [5.41, 5.74) is 0. The van der Waals surface area contributed by atoms with E-state index in [9.17, 15) is 0 Å². The molecule has 1 heteroatoms. The minimum absolute atomic E-state index is 1.06. The van der Waals surface area contributed by atoms with Crippen LogP contribution in [-0.2, 0) is 0 Å². The molecule has 97 valence electrons. The van der Waals surface area contributed by atoms with Crippen LogP contribution in [0.15, 0.2) is 0 Å². The van der Waals surface area contributed by atoms with E-state index in [1.165, 1.54) is 64.5 Å². The van der Waals surface area contributed by atoms with Crippen LogP contribution in [0.5, 0.6) is 0 Å². The Morgan fingerprint density at radius 1 is 0.750 bits per heavy atom. The molecule has 0 aromatic carbocycles. The molecule has 1 radical (unpaired) electrons. The number of unbranched alkanes of at least 4 members (excludes halogenated alkanes) is 7. The summed E-state index contributed by atoms with van der Waals surface area (Å²) in [6.45, 7) is 8.76. The molecule has 0 aromatic heterocycles. The van der Waals surface area contributed by atoms with Crippen LogP contribution >= 0.6 is 0 Å². The third-order valence-corrected chi connectivity index (χ3v) is 3.38. The van der Waals surface area contributed by atoms with Crippen LogP contribution in [0.4, 0.5) is 0 Å². The normalized spacial score (nSPS) is 12.0. The van der Waals surface area contributed by atoms with Gasteiger partial charge in [-0.15, -0.1) is 0 Å². The molecule has 0 bridgehead atoms. The Kier molecular flexibility index (Phi) is 10.1. The van der Waals surface area contributed by atoms with Gasteiger partial charge in [-0.05, 0) is 26.2 Å². The van der Waals surface area contributed by atoms with E-state index in [1.807, 2.05) is 0 Å². The maximum absolute atomic E-state index is 3.94. The first-order valence-electron chi connectivity index (χ1n) is 7.23. The van der Waals surface area contributed by atoms with E-state index in [4.69, 9.17) is 0 Å². The quantitative estimate of drug-likeness (QED) is 0.362. The van der Waals surface area contributed by atoms with Crippen molar-refractivity contribution in [2.24, 2.45) is 0 Å². The lowest BCUT2D eigenvalue weighted by molar-refractivity contribution is -0.890. The molecular weight excluding hydrogens is 194 g/mol. The third-order valence-electron chi connectivity index (χ3n) is 3.38. The van der Waals surface area contributed by atoms with Gasteiger partial charge in [-0.25, -0.2) is 0 Å². The minimum Gasteiger partial charge on any atom is -0.328 e. The largest absolute Gasteiger partial charge is 0.328 e. The van der Waals surface area contributed by atoms with Crippen molar-refractivity contribution in [1.29, 1.82) is 0 Å². The van der Waals surface area contributed by atoms with E-state index in [1.54, 1.807) is 0 Å². The Bertz CT molecular complexity index is 140. The van der Waals surface area contributed by atoms with Gasteiger partial charge in [0, 0.05) is 0 Å². The van der Waals surface area contributed by atoms with Crippen LogP contribution in [0.3, 0.4) is 0 Å². The van der Waals surface area contributed by atoms with Crippen molar-refractivity contribution < 1.29 is 4.48 Å². The highest BCUT2D eigenvalue weighted by atomic mass is 15.3. The summed E-state index contributed by atoms with van der Waals surface area (Å²) in [5, 5.41) is 0. The van der Waals surface area contributed by atoms with Crippen molar-refractivity contribution in [3.63, 3.8) is 0 Å². The predicted octanol–water partition coefficient (Wildman–Crippen LogP) is 4.43. The topological polar surface area (TPSA) is 0 Å². The molecular formula is C15H33N+. The van der Waals surface area contributed by atoms with Crippen LogP contribution < -0.4 is 0 Å². The van der Waals surface area contributed by atoms with Gasteiger partial charge < -0.3 is 4.48 Å². The molecule has 0 heterocycles. The molecule has 1 nitrogen and oxygen atoms in total. The Morgan fingerprint density at radius 2 is 1.25 bits per heavy atom. The lowest BCUT2D eigenvalue weighted by atomic mass is 10.1. The average molecular weight is 227 g/mol. The smallest absolute Gasteiger partial charge is 0.0782 e. The predicted molar refractivity (Wildman–Crippen MR) is 74.4 cm³/mol. The summed E-state index contributed by atoms with van der Waals surface area (Å²) in [5.74, 6) is 0. The molecule has 0 aliphatic rings. The molecule has 0 aliphatic carbocycles. The van der Waals surface area contributed by atoms with Gasteiger partial charge >= 0.3 is 0 Å². The molecule has 0 aliphatic heterocycles. The van der Waals surface area contributed by atoms with Crippen molar-refractivity contribution in [3.8, 4) is 0 Å². The molecule has 0 amide bonds. The van der Waals surface area contributed by atoms with E-state index >= 15 is 0 Å². The van der Waals surface area contributed by atoms with Gasteiger partial charge in [0.15, 0.2) is 0 Å². The number of rotatable bonds is 11. The van der Waals surface area contributed by atoms with Crippen molar-refractivity contribution in [3.05, 3.63) is 6.92 Å². The van der Waals surface area contributed by atoms with Crippen LogP contribution in [0.2, 0.25) is 0 Å². The summed E-state index contributed by atoms with van der Waals surface area (Å²) >= 11 is 0. The van der Waals surface area contributed by atoms with Crippen LogP contribution in [0.25, 0.3) is 0 Å². The van der Waals surface area contributed by atoms with Gasteiger partial charge in [-0.2, -0.15) is 0 Å². The standard InChI is InChI=1S/C15H33N/c1-5-7-8-9-10-11-12-13-15-16(3,4)14-6-2/h2,5-15H2,1,3-4H3/q+1. The summed E-state index contributed by atoms with van der Waals surface area (Å²) in [7, 11) is 4.65. The zero-order valence-electron chi connectivity index (χ0n) is 11.9. The van der Waals surface area contributed by atoms with E-state index < -0.39 is 0 Å². The third kappa shape index (κ3) is 10.5. The van der Waals surface area contributed by atoms with Gasteiger partial charge in [-0.1, -0.05) is 45.4 Å². The molecule has 16 heavy (non-hydrogen) atoms. The fourth-order valence-corrected chi connectivity index (χ4v) is 2.21. The SMILES string of the molecule is [CH2]CC[N+](C)(C)CCCCCCCCCC. The molecule has 0 fully saturated rings. The second-order valence-electron chi connectivity index (χ2n) is 5.71. The fraction of sp³-hybridized carbons (Fsp3) is 0.933.